The highest BCUT2D eigenvalue weighted by Crippen LogP contribution is 2.35. The lowest BCUT2D eigenvalue weighted by atomic mass is 9.92. The predicted octanol–water partition coefficient (Wildman–Crippen LogP) is 5.46. The van der Waals surface area contributed by atoms with Crippen molar-refractivity contribution in [2.24, 2.45) is 14.0 Å². The molecule has 3 aromatic carbocycles. The fourth-order valence-corrected chi connectivity index (χ4v) is 6.85. The molecule has 0 radical (unpaired) electrons. The molecule has 2 amide bonds. The van der Waals surface area contributed by atoms with Gasteiger partial charge in [0.2, 0.25) is 0 Å². The second kappa shape index (κ2) is 13.3. The normalized spacial score (nSPS) is 17.6. The first-order valence-electron chi connectivity index (χ1n) is 17.7. The number of hydrogen-bond acceptors (Lipinski definition) is 6. The third-order valence-corrected chi connectivity index (χ3v) is 9.58. The fourth-order valence-electron chi connectivity index (χ4n) is 6.85. The first-order valence-corrected chi connectivity index (χ1v) is 16.2. The average molecular weight is 666 g/mol. The largest absolute Gasteiger partial charge is 0.508 e. The van der Waals surface area contributed by atoms with Crippen LogP contribution in [0.1, 0.15) is 41.6 Å². The van der Waals surface area contributed by atoms with Gasteiger partial charge in [-0.05, 0) is 73.0 Å². The van der Waals surface area contributed by atoms with Crippen LogP contribution in [-0.2, 0) is 31.7 Å². The van der Waals surface area contributed by atoms with Crippen LogP contribution in [0.4, 0.5) is 15.8 Å². The maximum atomic E-state index is 15.1. The van der Waals surface area contributed by atoms with E-state index in [0.717, 1.165) is 23.3 Å². The Bertz CT molecular complexity index is 2120. The summed E-state index contributed by atoms with van der Waals surface area (Å²) in [5.74, 6) is -1.30. The number of morpholine rings is 1. The number of carbonyl (C=O) groups excluding carboxylic acids is 2. The Balaban J connectivity index is 1.27. The molecular formula is C38H39FN6O4. The van der Waals surface area contributed by atoms with Gasteiger partial charge in [0.25, 0.3) is 11.8 Å². The Morgan fingerprint density at radius 3 is 2.51 bits per heavy atom. The number of phenolic OH excluding ortho intramolecular Hbond substituents is 1. The summed E-state index contributed by atoms with van der Waals surface area (Å²) < 4.78 is 46.6. The van der Waals surface area contributed by atoms with Crippen LogP contribution in [0.5, 0.6) is 5.75 Å². The summed E-state index contributed by atoms with van der Waals surface area (Å²) in [5.41, 5.74) is 4.69. The number of aromatic hydroxyl groups is 1. The van der Waals surface area contributed by atoms with Crippen LogP contribution in [0.25, 0.3) is 11.3 Å². The molecule has 2 aromatic heterocycles. The second-order valence-corrected chi connectivity index (χ2v) is 12.6. The number of benzene rings is 3. The Hall–Kier alpha value is -5.26. The highest BCUT2D eigenvalue weighted by atomic mass is 19.1. The summed E-state index contributed by atoms with van der Waals surface area (Å²) in [5, 5.41) is 13.9. The molecule has 0 spiro atoms. The van der Waals surface area contributed by atoms with E-state index in [9.17, 15) is 14.7 Å². The van der Waals surface area contributed by atoms with Crippen LogP contribution in [0.2, 0.25) is 0 Å². The molecule has 7 rings (SSSR count). The van der Waals surface area contributed by atoms with Crippen LogP contribution in [0.3, 0.4) is 0 Å². The summed E-state index contributed by atoms with van der Waals surface area (Å²) in [6, 6.07) is 19.6. The van der Waals surface area contributed by atoms with Crippen LogP contribution < -0.4 is 4.90 Å². The lowest BCUT2D eigenvalue weighted by Gasteiger charge is -2.40. The first kappa shape index (κ1) is 28.7. The molecule has 49 heavy (non-hydrogen) atoms. The lowest BCUT2D eigenvalue weighted by molar-refractivity contribution is 0.0193. The van der Waals surface area contributed by atoms with Gasteiger partial charge in [-0.15, -0.1) is 0 Å². The Kier molecular flexibility index (Phi) is 7.81. The minimum Gasteiger partial charge on any atom is -0.508 e. The van der Waals surface area contributed by atoms with Crippen molar-refractivity contribution in [3.63, 3.8) is 0 Å². The molecule has 2 aliphatic rings. The van der Waals surface area contributed by atoms with Gasteiger partial charge in [0.05, 0.1) is 30.7 Å². The van der Waals surface area contributed by atoms with E-state index in [1.807, 2.05) is 23.1 Å². The van der Waals surface area contributed by atoms with Gasteiger partial charge in [-0.2, -0.15) is 5.10 Å². The van der Waals surface area contributed by atoms with Crippen LogP contribution in [0.15, 0.2) is 85.2 Å². The molecule has 0 aliphatic carbocycles. The van der Waals surface area contributed by atoms with Crippen molar-refractivity contribution < 1.29 is 27.9 Å². The Morgan fingerprint density at radius 2 is 1.78 bits per heavy atom. The number of hydrogen-bond donors (Lipinski definition) is 1. The van der Waals surface area contributed by atoms with Crippen molar-refractivity contribution in [2.75, 3.05) is 37.7 Å². The third kappa shape index (κ3) is 6.34. The Labute approximate surface area is 288 Å². The quantitative estimate of drug-likeness (QED) is 0.248. The molecular weight excluding hydrogens is 623 g/mol. The number of phenols is 1. The Morgan fingerprint density at radius 1 is 1.02 bits per heavy atom. The highest BCUT2D eigenvalue weighted by molar-refractivity contribution is 6.12. The second-order valence-electron chi connectivity index (χ2n) is 12.6. The van der Waals surface area contributed by atoms with Crippen molar-refractivity contribution in [1.82, 2.24) is 24.1 Å². The van der Waals surface area contributed by atoms with E-state index in [-0.39, 0.29) is 28.9 Å². The number of halogens is 1. The molecule has 1 N–H and O–H groups in total. The summed E-state index contributed by atoms with van der Waals surface area (Å²) in [4.78, 5) is 34.7. The summed E-state index contributed by atoms with van der Waals surface area (Å²) in [7, 11) is 1.75. The smallest absolute Gasteiger partial charge is 0.264 e. The van der Waals surface area contributed by atoms with Gasteiger partial charge in [0.1, 0.15) is 11.6 Å². The van der Waals surface area contributed by atoms with Gasteiger partial charge >= 0.3 is 0 Å². The monoisotopic (exact) mass is 665 g/mol. The molecule has 11 heteroatoms. The van der Waals surface area contributed by atoms with Gasteiger partial charge < -0.3 is 19.3 Å². The number of nitrogens with zero attached hydrogens (tertiary/aromatic N) is 6. The zero-order valence-electron chi connectivity index (χ0n) is 30.3. The third-order valence-electron chi connectivity index (χ3n) is 9.58. The SMILES string of the molecule is [2H]C([2H])([2H])n1cc(N(C(=O)c2cc(-c3cc(F)ccc3C(=O)N3Cc4ccccc4C[C@H]3CN3CCOCC3)n(C)c2C)c2ccc(O)cc2)cn1. The van der Waals surface area contributed by atoms with Crippen molar-refractivity contribution in [3.05, 3.63) is 119 Å². The molecule has 252 valence electrons. The zero-order chi connectivity index (χ0) is 36.7. The fraction of sp³-hybridized carbons (Fsp3) is 0.289. The predicted molar refractivity (Wildman–Crippen MR) is 184 cm³/mol. The number of aryl methyl sites for hydroxylation is 1. The molecule has 4 heterocycles. The van der Waals surface area contributed by atoms with Gasteiger partial charge in [0, 0.05) is 84.8 Å². The number of aromatic nitrogens is 3. The molecule has 1 saturated heterocycles. The molecule has 5 aromatic rings. The topological polar surface area (TPSA) is 96.1 Å². The number of amides is 2. The molecule has 0 bridgehead atoms. The minimum absolute atomic E-state index is 0.0137. The van der Waals surface area contributed by atoms with E-state index in [4.69, 9.17) is 8.85 Å². The van der Waals surface area contributed by atoms with Crippen LogP contribution in [0, 0.1) is 12.7 Å². The summed E-state index contributed by atoms with van der Waals surface area (Å²) in [6.07, 6.45) is 3.22. The van der Waals surface area contributed by atoms with Crippen LogP contribution >= 0.6 is 0 Å². The zero-order valence-corrected chi connectivity index (χ0v) is 27.3. The number of fused-ring (bicyclic) bond motifs is 1. The molecule has 0 unspecified atom stereocenters. The minimum atomic E-state index is -2.57. The number of anilines is 2. The summed E-state index contributed by atoms with van der Waals surface area (Å²) in [6.45, 7) is 3.08. The number of ether oxygens (including phenoxy) is 1. The molecule has 10 nitrogen and oxygen atoms in total. The maximum Gasteiger partial charge on any atom is 0.264 e. The van der Waals surface area contributed by atoms with Gasteiger partial charge in [-0.3, -0.25) is 24.1 Å². The van der Waals surface area contributed by atoms with E-state index < -0.39 is 18.7 Å². The molecule has 1 fully saturated rings. The van der Waals surface area contributed by atoms with E-state index in [1.165, 1.54) is 65.3 Å². The highest BCUT2D eigenvalue weighted by Gasteiger charge is 2.34. The lowest BCUT2D eigenvalue weighted by Crippen LogP contribution is -2.52. The standard InChI is InChI=1S/C38H39FN6O4/c1-25-34(38(48)45(31-21-40-41(2)23-31)29-9-11-32(46)12-10-29)20-36(42(25)3)35-19-28(39)8-13-33(35)37(47)44-22-27-7-5-4-6-26(27)18-30(44)24-43-14-16-49-17-15-43/h4-13,19-21,23,30,46H,14-18,22,24H2,1-3H3/t30-/m0/s1/i2D3. The molecule has 2 aliphatic heterocycles. The average Bonchev–Trinajstić information content (AvgIpc) is 3.74. The molecule has 0 saturated carbocycles. The summed E-state index contributed by atoms with van der Waals surface area (Å²) >= 11 is 0. The van der Waals surface area contributed by atoms with E-state index in [1.54, 1.807) is 24.6 Å². The first-order chi connectivity index (χ1) is 24.9. The molecule has 1 atom stereocenters. The van der Waals surface area contributed by atoms with Gasteiger partial charge in [0.15, 0.2) is 0 Å². The van der Waals surface area contributed by atoms with Crippen molar-refractivity contribution in [1.29, 1.82) is 0 Å². The number of carbonyl (C=O) groups is 2. The van der Waals surface area contributed by atoms with Gasteiger partial charge in [-0.1, -0.05) is 24.3 Å². The van der Waals surface area contributed by atoms with Crippen molar-refractivity contribution in [3.8, 4) is 17.0 Å². The van der Waals surface area contributed by atoms with E-state index >= 15 is 4.39 Å². The van der Waals surface area contributed by atoms with Crippen LogP contribution in [-0.4, -0.2) is 80.0 Å². The maximum absolute atomic E-state index is 15.1. The van der Waals surface area contributed by atoms with Crippen molar-refractivity contribution in [2.45, 2.75) is 25.9 Å². The van der Waals surface area contributed by atoms with Gasteiger partial charge in [-0.25, -0.2) is 4.39 Å². The number of rotatable bonds is 7. The van der Waals surface area contributed by atoms with E-state index in [0.29, 0.717) is 60.9 Å². The van der Waals surface area contributed by atoms with E-state index in [2.05, 4.69) is 16.1 Å². The van der Waals surface area contributed by atoms with Crippen molar-refractivity contribution >= 4 is 23.2 Å².